The average molecular weight is 253 g/mol. The molecule has 1 aromatic rings. The Kier molecular flexibility index (Phi) is 4.76. The molecule has 1 amide bonds. The quantitative estimate of drug-likeness (QED) is 0.790. The van der Waals surface area contributed by atoms with Crippen molar-refractivity contribution >= 4 is 11.9 Å². The molecule has 0 bridgehead atoms. The number of anilines is 1. The van der Waals surface area contributed by atoms with Crippen molar-refractivity contribution < 1.29 is 9.90 Å². The van der Waals surface area contributed by atoms with Crippen LogP contribution in [0.5, 0.6) is 0 Å². The maximum atomic E-state index is 10.8. The minimum atomic E-state index is -1.05. The van der Waals surface area contributed by atoms with Crippen molar-refractivity contribution in [2.75, 3.05) is 5.32 Å². The van der Waals surface area contributed by atoms with Gasteiger partial charge in [0.15, 0.2) is 0 Å². The van der Waals surface area contributed by atoms with Crippen LogP contribution in [-0.2, 0) is 12.0 Å². The van der Waals surface area contributed by atoms with E-state index in [1.807, 2.05) is 6.07 Å². The smallest absolute Gasteiger partial charge is 0.410 e. The molecule has 5 heteroatoms. The molecule has 0 radical (unpaired) electrons. The number of nitrogens with one attached hydrogen (secondary N) is 1. The monoisotopic (exact) mass is 253 g/mol. The highest BCUT2D eigenvalue weighted by molar-refractivity contribution is 5.81. The Morgan fingerprint density at radius 3 is 2.61 bits per heavy atom. The Bertz CT molecular complexity index is 405. The van der Waals surface area contributed by atoms with Crippen LogP contribution in [0, 0.1) is 0 Å². The van der Waals surface area contributed by atoms with E-state index in [4.69, 9.17) is 5.11 Å². The van der Waals surface area contributed by atoms with Gasteiger partial charge in [0.25, 0.3) is 0 Å². The van der Waals surface area contributed by atoms with Gasteiger partial charge >= 0.3 is 6.09 Å². The lowest BCUT2D eigenvalue weighted by molar-refractivity contribution is 0.209. The van der Waals surface area contributed by atoms with Crippen molar-refractivity contribution in [2.24, 2.45) is 0 Å². The first-order valence-electron chi connectivity index (χ1n) is 6.43. The van der Waals surface area contributed by atoms with Crippen molar-refractivity contribution in [1.29, 1.82) is 0 Å². The number of aromatic nitrogens is 2. The van der Waals surface area contributed by atoms with Crippen LogP contribution in [0.1, 0.15) is 52.7 Å². The fourth-order valence-electron chi connectivity index (χ4n) is 1.68. The van der Waals surface area contributed by atoms with Crippen LogP contribution in [0.3, 0.4) is 0 Å². The van der Waals surface area contributed by atoms with E-state index in [0.29, 0.717) is 5.82 Å². The topological polar surface area (TPSA) is 67.2 Å². The second-order valence-electron chi connectivity index (χ2n) is 5.53. The standard InChI is InChI=1S/C13H23N3O2/c1-5-6-7-8-16-11(14-12(17)18)9-10(15-16)13(2,3)4/h9,14H,5-8H2,1-4H3,(H,17,18). The Balaban J connectivity index is 2.90. The molecule has 0 saturated carbocycles. The minimum absolute atomic E-state index is 0.0784. The van der Waals surface area contributed by atoms with Crippen molar-refractivity contribution in [1.82, 2.24) is 9.78 Å². The molecule has 0 unspecified atom stereocenters. The zero-order chi connectivity index (χ0) is 13.8. The molecule has 0 aliphatic carbocycles. The summed E-state index contributed by atoms with van der Waals surface area (Å²) in [6.07, 6.45) is 2.22. The lowest BCUT2D eigenvalue weighted by Gasteiger charge is -2.14. The third-order valence-electron chi connectivity index (χ3n) is 2.76. The summed E-state index contributed by atoms with van der Waals surface area (Å²) < 4.78 is 1.75. The van der Waals surface area contributed by atoms with E-state index in [1.54, 1.807) is 4.68 Å². The summed E-state index contributed by atoms with van der Waals surface area (Å²) in [7, 11) is 0. The third-order valence-corrected chi connectivity index (χ3v) is 2.76. The predicted molar refractivity (Wildman–Crippen MR) is 72.1 cm³/mol. The van der Waals surface area contributed by atoms with Gasteiger partial charge in [-0.2, -0.15) is 5.10 Å². The van der Waals surface area contributed by atoms with Gasteiger partial charge in [0.1, 0.15) is 5.82 Å². The van der Waals surface area contributed by atoms with E-state index in [-0.39, 0.29) is 5.41 Å². The van der Waals surface area contributed by atoms with Gasteiger partial charge < -0.3 is 5.11 Å². The lowest BCUT2D eigenvalue weighted by atomic mass is 9.92. The van der Waals surface area contributed by atoms with E-state index in [2.05, 4.69) is 38.1 Å². The van der Waals surface area contributed by atoms with Gasteiger partial charge in [0.05, 0.1) is 5.69 Å². The summed E-state index contributed by atoms with van der Waals surface area (Å²) in [6.45, 7) is 9.09. The highest BCUT2D eigenvalue weighted by atomic mass is 16.4. The summed E-state index contributed by atoms with van der Waals surface area (Å²) >= 11 is 0. The second kappa shape index (κ2) is 5.89. The van der Waals surface area contributed by atoms with Gasteiger partial charge in [0.2, 0.25) is 0 Å². The predicted octanol–water partition coefficient (Wildman–Crippen LogP) is 3.46. The first-order chi connectivity index (χ1) is 8.34. The molecule has 1 rings (SSSR count). The molecule has 0 saturated heterocycles. The second-order valence-corrected chi connectivity index (χ2v) is 5.53. The van der Waals surface area contributed by atoms with Crippen LogP contribution in [0.4, 0.5) is 10.6 Å². The molecular weight excluding hydrogens is 230 g/mol. The fourth-order valence-corrected chi connectivity index (χ4v) is 1.68. The maximum Gasteiger partial charge on any atom is 0.410 e. The number of hydrogen-bond acceptors (Lipinski definition) is 2. The molecule has 5 nitrogen and oxygen atoms in total. The Labute approximate surface area is 108 Å². The molecule has 1 aromatic heterocycles. The van der Waals surface area contributed by atoms with Gasteiger partial charge in [-0.25, -0.2) is 9.48 Å². The van der Waals surface area contributed by atoms with E-state index in [1.165, 1.54) is 0 Å². The highest BCUT2D eigenvalue weighted by Crippen LogP contribution is 2.24. The number of hydrogen-bond donors (Lipinski definition) is 2. The van der Waals surface area contributed by atoms with Crippen LogP contribution in [0.25, 0.3) is 0 Å². The Morgan fingerprint density at radius 2 is 2.11 bits per heavy atom. The number of rotatable bonds is 5. The van der Waals surface area contributed by atoms with Crippen LogP contribution < -0.4 is 5.32 Å². The Morgan fingerprint density at radius 1 is 1.44 bits per heavy atom. The zero-order valence-corrected chi connectivity index (χ0v) is 11.7. The fraction of sp³-hybridized carbons (Fsp3) is 0.692. The van der Waals surface area contributed by atoms with Crippen LogP contribution in [0.2, 0.25) is 0 Å². The third kappa shape index (κ3) is 4.05. The molecule has 0 spiro atoms. The van der Waals surface area contributed by atoms with Gasteiger partial charge in [-0.3, -0.25) is 5.32 Å². The maximum absolute atomic E-state index is 10.8. The zero-order valence-electron chi connectivity index (χ0n) is 11.7. The van der Waals surface area contributed by atoms with Crippen molar-refractivity contribution in [3.63, 3.8) is 0 Å². The number of carbonyl (C=O) groups is 1. The number of aryl methyl sites for hydroxylation is 1. The molecule has 0 aliphatic rings. The number of amides is 1. The normalized spacial score (nSPS) is 11.6. The molecule has 102 valence electrons. The van der Waals surface area contributed by atoms with Gasteiger partial charge in [-0.15, -0.1) is 0 Å². The highest BCUT2D eigenvalue weighted by Gasteiger charge is 2.20. The number of unbranched alkanes of at least 4 members (excludes halogenated alkanes) is 2. The summed E-state index contributed by atoms with van der Waals surface area (Å²) in [5.41, 5.74) is 0.827. The SMILES string of the molecule is CCCCCn1nc(C(C)(C)C)cc1NC(=O)O. The summed E-state index contributed by atoms with van der Waals surface area (Å²) in [6, 6.07) is 1.82. The molecular formula is C13H23N3O2. The van der Waals surface area contributed by atoms with Gasteiger partial charge in [-0.05, 0) is 6.42 Å². The van der Waals surface area contributed by atoms with Crippen LogP contribution in [-0.4, -0.2) is 21.0 Å². The van der Waals surface area contributed by atoms with Gasteiger partial charge in [-0.1, -0.05) is 40.5 Å². The van der Waals surface area contributed by atoms with E-state index in [0.717, 1.165) is 31.5 Å². The average Bonchev–Trinajstić information content (AvgIpc) is 2.61. The first-order valence-corrected chi connectivity index (χ1v) is 6.43. The van der Waals surface area contributed by atoms with Crippen molar-refractivity contribution in [3.05, 3.63) is 11.8 Å². The van der Waals surface area contributed by atoms with E-state index < -0.39 is 6.09 Å². The molecule has 1 heterocycles. The van der Waals surface area contributed by atoms with Crippen LogP contribution >= 0.6 is 0 Å². The first kappa shape index (κ1) is 14.5. The van der Waals surface area contributed by atoms with Gasteiger partial charge in [0, 0.05) is 18.0 Å². The number of carboxylic acid groups (broad SMARTS) is 1. The minimum Gasteiger partial charge on any atom is -0.465 e. The Hall–Kier alpha value is -1.52. The molecule has 0 aromatic carbocycles. The largest absolute Gasteiger partial charge is 0.465 e. The number of nitrogens with zero attached hydrogens (tertiary/aromatic N) is 2. The summed E-state index contributed by atoms with van der Waals surface area (Å²) in [4.78, 5) is 10.8. The summed E-state index contributed by atoms with van der Waals surface area (Å²) in [5.74, 6) is 0.559. The van der Waals surface area contributed by atoms with E-state index >= 15 is 0 Å². The lowest BCUT2D eigenvalue weighted by Crippen LogP contribution is -2.14. The molecule has 0 fully saturated rings. The molecule has 2 N–H and O–H groups in total. The molecule has 18 heavy (non-hydrogen) atoms. The van der Waals surface area contributed by atoms with Crippen LogP contribution in [0.15, 0.2) is 6.07 Å². The van der Waals surface area contributed by atoms with E-state index in [9.17, 15) is 4.79 Å². The van der Waals surface area contributed by atoms with Crippen molar-refractivity contribution in [2.45, 2.75) is 58.9 Å². The molecule has 0 atom stereocenters. The van der Waals surface area contributed by atoms with Crippen molar-refractivity contribution in [3.8, 4) is 0 Å². The summed E-state index contributed by atoms with van der Waals surface area (Å²) in [5, 5.41) is 15.7. The molecule has 0 aliphatic heterocycles.